The van der Waals surface area contributed by atoms with Gasteiger partial charge in [-0.15, -0.1) is 0 Å². The second kappa shape index (κ2) is 5.42. The summed E-state index contributed by atoms with van der Waals surface area (Å²) in [6, 6.07) is 3.54. The lowest BCUT2D eigenvalue weighted by atomic mass is 10.0. The minimum absolute atomic E-state index is 0.0556. The molecule has 7 nitrogen and oxygen atoms in total. The molecule has 0 aromatic heterocycles. The van der Waals surface area contributed by atoms with Gasteiger partial charge < -0.3 is 10.2 Å². The summed E-state index contributed by atoms with van der Waals surface area (Å²) in [5, 5.41) is 29.1. The van der Waals surface area contributed by atoms with Crippen molar-refractivity contribution in [3.63, 3.8) is 0 Å². The molecule has 0 aliphatic heterocycles. The standard InChI is InChI=1S/C10H13NO6S/c1-18(16,17)8-4-2-7(3-5-8)10(13)9(6-12)11(14)15/h2-5,9-10,12-13H,6H2,1H3. The molecule has 18 heavy (non-hydrogen) atoms. The molecule has 2 N–H and O–H groups in total. The van der Waals surface area contributed by atoms with Crippen molar-refractivity contribution in [1.29, 1.82) is 0 Å². The lowest BCUT2D eigenvalue weighted by Crippen LogP contribution is -2.31. The van der Waals surface area contributed by atoms with Crippen LogP contribution in [0.5, 0.6) is 0 Å². The maximum atomic E-state index is 11.2. The van der Waals surface area contributed by atoms with Crippen LogP contribution in [0.15, 0.2) is 29.2 Å². The van der Waals surface area contributed by atoms with E-state index in [9.17, 15) is 23.6 Å². The van der Waals surface area contributed by atoms with E-state index in [2.05, 4.69) is 0 Å². The van der Waals surface area contributed by atoms with Crippen molar-refractivity contribution < 1.29 is 23.6 Å². The quantitative estimate of drug-likeness (QED) is 0.565. The predicted octanol–water partition coefficient (Wildman–Crippen LogP) is -0.239. The molecule has 0 spiro atoms. The number of aliphatic hydroxyl groups excluding tert-OH is 2. The highest BCUT2D eigenvalue weighted by atomic mass is 32.2. The summed E-state index contributed by atoms with van der Waals surface area (Å²) in [6.45, 7) is -0.804. The number of hydrogen-bond acceptors (Lipinski definition) is 6. The monoisotopic (exact) mass is 275 g/mol. The number of nitrogens with zero attached hydrogens (tertiary/aromatic N) is 1. The zero-order valence-electron chi connectivity index (χ0n) is 9.55. The lowest BCUT2D eigenvalue weighted by molar-refractivity contribution is -0.539. The average Bonchev–Trinajstić information content (AvgIpc) is 2.28. The van der Waals surface area contributed by atoms with Crippen LogP contribution in [0.2, 0.25) is 0 Å². The number of hydrogen-bond donors (Lipinski definition) is 2. The molecule has 0 fully saturated rings. The van der Waals surface area contributed by atoms with E-state index in [-0.39, 0.29) is 10.5 Å². The summed E-state index contributed by atoms with van der Waals surface area (Å²) < 4.78 is 22.4. The van der Waals surface area contributed by atoms with Crippen LogP contribution < -0.4 is 0 Å². The topological polar surface area (TPSA) is 118 Å². The van der Waals surface area contributed by atoms with E-state index in [0.717, 1.165) is 6.26 Å². The summed E-state index contributed by atoms with van der Waals surface area (Å²) in [4.78, 5) is 9.83. The third kappa shape index (κ3) is 3.25. The number of benzene rings is 1. The Balaban J connectivity index is 3.02. The normalized spacial score (nSPS) is 15.1. The fourth-order valence-electron chi connectivity index (χ4n) is 1.42. The first-order valence-electron chi connectivity index (χ1n) is 5.00. The van der Waals surface area contributed by atoms with E-state index in [0.29, 0.717) is 0 Å². The Bertz CT molecular complexity index is 524. The lowest BCUT2D eigenvalue weighted by Gasteiger charge is -2.14. The molecule has 100 valence electrons. The molecular formula is C10H13NO6S. The first-order valence-corrected chi connectivity index (χ1v) is 6.89. The Kier molecular flexibility index (Phi) is 4.38. The van der Waals surface area contributed by atoms with Gasteiger partial charge in [0.15, 0.2) is 9.84 Å². The van der Waals surface area contributed by atoms with Crippen LogP contribution in [0.25, 0.3) is 0 Å². The van der Waals surface area contributed by atoms with Crippen molar-refractivity contribution in [3.8, 4) is 0 Å². The van der Waals surface area contributed by atoms with Crippen molar-refractivity contribution in [2.24, 2.45) is 0 Å². The van der Waals surface area contributed by atoms with E-state index in [4.69, 9.17) is 5.11 Å². The first-order chi connectivity index (χ1) is 8.27. The van der Waals surface area contributed by atoms with E-state index in [1.807, 2.05) is 0 Å². The molecular weight excluding hydrogens is 262 g/mol. The SMILES string of the molecule is CS(=O)(=O)c1ccc(C(O)C(CO)[N+](=O)[O-])cc1. The molecule has 0 heterocycles. The summed E-state index contributed by atoms with van der Waals surface area (Å²) in [7, 11) is -3.35. The Morgan fingerprint density at radius 3 is 2.17 bits per heavy atom. The van der Waals surface area contributed by atoms with Gasteiger partial charge in [-0.1, -0.05) is 12.1 Å². The van der Waals surface area contributed by atoms with Gasteiger partial charge in [-0.05, 0) is 17.7 Å². The molecule has 0 bridgehead atoms. The molecule has 0 radical (unpaired) electrons. The molecule has 8 heteroatoms. The Morgan fingerprint density at radius 1 is 1.33 bits per heavy atom. The number of sulfone groups is 1. The molecule has 2 atom stereocenters. The van der Waals surface area contributed by atoms with Gasteiger partial charge in [-0.2, -0.15) is 0 Å². The molecule has 2 unspecified atom stereocenters. The highest BCUT2D eigenvalue weighted by molar-refractivity contribution is 7.90. The van der Waals surface area contributed by atoms with Crippen LogP contribution in [0.4, 0.5) is 0 Å². The molecule has 0 saturated heterocycles. The van der Waals surface area contributed by atoms with Crippen LogP contribution in [-0.2, 0) is 9.84 Å². The van der Waals surface area contributed by atoms with Crippen molar-refractivity contribution in [1.82, 2.24) is 0 Å². The Labute approximate surface area is 104 Å². The summed E-state index contributed by atoms with van der Waals surface area (Å²) in [6.07, 6.45) is -0.454. The van der Waals surface area contributed by atoms with Gasteiger partial charge in [0, 0.05) is 11.2 Å². The second-order valence-corrected chi connectivity index (χ2v) is 5.84. The third-order valence-corrected chi connectivity index (χ3v) is 3.60. The van der Waals surface area contributed by atoms with Crippen LogP contribution in [0.1, 0.15) is 11.7 Å². The largest absolute Gasteiger partial charge is 0.389 e. The van der Waals surface area contributed by atoms with E-state index in [1.54, 1.807) is 0 Å². The molecule has 1 aromatic rings. The molecule has 0 amide bonds. The van der Waals surface area contributed by atoms with Crippen LogP contribution >= 0.6 is 0 Å². The molecule has 1 aromatic carbocycles. The Hall–Kier alpha value is -1.51. The molecule has 0 aliphatic rings. The first kappa shape index (κ1) is 14.6. The minimum atomic E-state index is -3.35. The zero-order valence-corrected chi connectivity index (χ0v) is 10.4. The molecule has 0 aliphatic carbocycles. The summed E-state index contributed by atoms with van der Waals surface area (Å²) in [5.41, 5.74) is 0.179. The van der Waals surface area contributed by atoms with Gasteiger partial charge in [-0.3, -0.25) is 10.1 Å². The number of rotatable bonds is 5. The van der Waals surface area contributed by atoms with E-state index < -0.39 is 33.5 Å². The zero-order chi connectivity index (χ0) is 13.9. The minimum Gasteiger partial charge on any atom is -0.389 e. The highest BCUT2D eigenvalue weighted by Crippen LogP contribution is 2.20. The fourth-order valence-corrected chi connectivity index (χ4v) is 2.05. The van der Waals surface area contributed by atoms with Gasteiger partial charge >= 0.3 is 0 Å². The van der Waals surface area contributed by atoms with Gasteiger partial charge in [0.25, 0.3) is 6.04 Å². The van der Waals surface area contributed by atoms with Gasteiger partial charge in [0.2, 0.25) is 0 Å². The van der Waals surface area contributed by atoms with E-state index >= 15 is 0 Å². The maximum Gasteiger partial charge on any atom is 0.265 e. The van der Waals surface area contributed by atoms with Crippen LogP contribution in [0.3, 0.4) is 0 Å². The average molecular weight is 275 g/mol. The van der Waals surface area contributed by atoms with Gasteiger partial charge in [0.1, 0.15) is 12.7 Å². The number of nitro groups is 1. The van der Waals surface area contributed by atoms with E-state index in [1.165, 1.54) is 24.3 Å². The van der Waals surface area contributed by atoms with Crippen LogP contribution in [-0.4, -0.2) is 42.5 Å². The van der Waals surface area contributed by atoms with Crippen molar-refractivity contribution in [3.05, 3.63) is 39.9 Å². The summed E-state index contributed by atoms with van der Waals surface area (Å²) in [5.74, 6) is 0. The van der Waals surface area contributed by atoms with Gasteiger partial charge in [0.05, 0.1) is 4.90 Å². The Morgan fingerprint density at radius 2 is 1.83 bits per heavy atom. The summed E-state index contributed by atoms with van der Waals surface area (Å²) >= 11 is 0. The molecule has 1 rings (SSSR count). The van der Waals surface area contributed by atoms with Crippen molar-refractivity contribution in [2.75, 3.05) is 12.9 Å². The number of aliphatic hydroxyl groups is 2. The van der Waals surface area contributed by atoms with Crippen molar-refractivity contribution >= 4 is 9.84 Å². The fraction of sp³-hybridized carbons (Fsp3) is 0.400. The highest BCUT2D eigenvalue weighted by Gasteiger charge is 2.30. The smallest absolute Gasteiger partial charge is 0.265 e. The van der Waals surface area contributed by atoms with Crippen LogP contribution in [0, 0.1) is 10.1 Å². The predicted molar refractivity (Wildman–Crippen MR) is 62.4 cm³/mol. The van der Waals surface area contributed by atoms with Gasteiger partial charge in [-0.25, -0.2) is 8.42 Å². The second-order valence-electron chi connectivity index (χ2n) is 3.82. The third-order valence-electron chi connectivity index (χ3n) is 2.47. The van der Waals surface area contributed by atoms with Crippen molar-refractivity contribution in [2.45, 2.75) is 17.0 Å². The molecule has 0 saturated carbocycles. The maximum absolute atomic E-state index is 11.2.